The number of nitrogens with one attached hydrogen (secondary N) is 7. The van der Waals surface area contributed by atoms with E-state index in [1.165, 1.54) is 60.7 Å². The first-order chi connectivity index (χ1) is 46.3. The van der Waals surface area contributed by atoms with E-state index >= 15 is 24.0 Å². The first-order valence-corrected chi connectivity index (χ1v) is 31.9. The number of halogens is 2. The predicted molar refractivity (Wildman–Crippen MR) is 343 cm³/mol. The van der Waals surface area contributed by atoms with Crippen molar-refractivity contribution in [2.24, 2.45) is 23.5 Å². The Bertz CT molecular complexity index is 4500. The van der Waals surface area contributed by atoms with Gasteiger partial charge in [0.15, 0.2) is 29.0 Å². The fourth-order valence-electron chi connectivity index (χ4n) is 15.1. The lowest BCUT2D eigenvalue weighted by Crippen LogP contribution is -2.58. The van der Waals surface area contributed by atoms with Crippen molar-refractivity contribution in [3.63, 3.8) is 0 Å². The fraction of sp³-hybridized carbons (Fsp3) is 0.290. The molecule has 17 N–H and O–H groups in total. The maximum atomic E-state index is 16.0. The van der Waals surface area contributed by atoms with E-state index in [1.54, 1.807) is 0 Å². The number of hydrogen-bond acceptors (Lipinski definition) is 19. The average molecular weight is 1360 g/mol. The summed E-state index contributed by atoms with van der Waals surface area (Å²) >= 11 is 13.8. The Morgan fingerprint density at radius 3 is 1.76 bits per heavy atom. The number of aliphatic hydroxyl groups is 1. The Labute approximate surface area is 560 Å². The van der Waals surface area contributed by atoms with Gasteiger partial charge in [-0.3, -0.25) is 28.8 Å². The molecule has 26 nitrogen and oxygen atoms in total. The van der Waals surface area contributed by atoms with Gasteiger partial charge in [-0.1, -0.05) is 47.5 Å². The van der Waals surface area contributed by atoms with Crippen molar-refractivity contribution in [3.05, 3.63) is 164 Å². The van der Waals surface area contributed by atoms with Crippen LogP contribution in [0.15, 0.2) is 109 Å². The summed E-state index contributed by atoms with van der Waals surface area (Å²) in [6.45, 7) is -0.142. The van der Waals surface area contributed by atoms with Gasteiger partial charge in [-0.25, -0.2) is 4.79 Å². The quantitative estimate of drug-likeness (QED) is 0.0839. The Kier molecular flexibility index (Phi) is 16.2. The molecule has 6 heterocycles. The third kappa shape index (κ3) is 12.0. The van der Waals surface area contributed by atoms with Crippen LogP contribution >= 0.6 is 23.2 Å². The minimum absolute atomic E-state index is 0.105. The van der Waals surface area contributed by atoms with Gasteiger partial charge < -0.3 is 98.0 Å². The molecule has 0 saturated heterocycles. The molecule has 97 heavy (non-hydrogen) atoms. The number of phenolic OH excluding ortho intramolecular Hbond substituents is 6. The van der Waals surface area contributed by atoms with Crippen molar-refractivity contribution < 1.29 is 88.6 Å². The number of amides is 6. The number of aliphatic hydroxyl groups excluding tert-OH is 1. The van der Waals surface area contributed by atoms with Crippen LogP contribution in [-0.4, -0.2) is 99.9 Å². The lowest BCUT2D eigenvalue weighted by molar-refractivity contribution is -0.143. The highest BCUT2D eigenvalue weighted by atomic mass is 35.5. The van der Waals surface area contributed by atoms with Crippen LogP contribution < -0.4 is 57.2 Å². The standard InChI is InChI=1S/C69H62Cl2N8O18/c70-41-12-27-1-7-47(41)96-50-19-35-20-51(61(50)86)97-48-8-4-33(17-42(48)71)59(84)58-67(92)78-57(68(93)94)39-22-46(83)40(26-73-69-23-28-9-29(24-69)11-30(10-28)25-69)60(85)52(39)38-16-32(3-5-44(38)81)54(64(89)79-58)76-66(91)56(35)77-65(90)55-34-14-36(80)21-37(15-34)95-49-18-31(2-6-45(49)82)53(72)63(88)74-43(13-27)62(87)75-55/h1-8,12,14-22,28-30,43,53-59,73,80-86H,9-11,13,23-26,72H2,(H,74,88)(H,75,87)(H,76,91)(H,77,90)(H,78,92)(H,79,89)(H,93,94)/t28?,29?,30?,43-,53+,54-,55-,56-,57-,58-,59?,69?/m0/s1. The zero-order chi connectivity index (χ0) is 68.2. The van der Waals surface area contributed by atoms with Gasteiger partial charge in [-0.15, -0.1) is 0 Å². The summed E-state index contributed by atoms with van der Waals surface area (Å²) in [5.41, 5.74) is 4.21. The van der Waals surface area contributed by atoms with E-state index in [2.05, 4.69) is 37.2 Å². The second kappa shape index (κ2) is 24.6. The van der Waals surface area contributed by atoms with E-state index in [9.17, 15) is 50.4 Å². The number of hydrogen-bond donors (Lipinski definition) is 16. The fourth-order valence-corrected chi connectivity index (χ4v) is 15.5. The molecule has 500 valence electrons. The Morgan fingerprint density at radius 1 is 0.536 bits per heavy atom. The first kappa shape index (κ1) is 63.9. The van der Waals surface area contributed by atoms with Gasteiger partial charge in [-0.05, 0) is 169 Å². The van der Waals surface area contributed by atoms with Crippen LogP contribution in [0.2, 0.25) is 10.0 Å². The third-order valence-corrected chi connectivity index (χ3v) is 20.0. The number of nitrogens with two attached hydrogens (primary N) is 1. The van der Waals surface area contributed by atoms with Crippen LogP contribution in [0.1, 0.15) is 119 Å². The average Bonchev–Trinajstić information content (AvgIpc) is 0.795. The number of carbonyl (C=O) groups is 7. The van der Waals surface area contributed by atoms with Crippen molar-refractivity contribution in [1.29, 1.82) is 0 Å². The summed E-state index contributed by atoms with van der Waals surface area (Å²) in [4.78, 5) is 105. The molecule has 0 spiro atoms. The van der Waals surface area contributed by atoms with Crippen LogP contribution in [0, 0.1) is 17.8 Å². The van der Waals surface area contributed by atoms with Gasteiger partial charge >= 0.3 is 5.97 Å². The number of ether oxygens (including phenoxy) is 3. The van der Waals surface area contributed by atoms with Crippen LogP contribution in [-0.2, 0) is 46.5 Å². The molecule has 7 aromatic carbocycles. The van der Waals surface area contributed by atoms with Crippen molar-refractivity contribution >= 4 is 64.6 Å². The molecule has 0 radical (unpaired) electrons. The molecule has 6 aliphatic heterocycles. The number of carboxylic acid groups (broad SMARTS) is 1. The molecule has 6 amide bonds. The number of benzene rings is 7. The van der Waals surface area contributed by atoms with Gasteiger partial charge in [0, 0.05) is 41.3 Å². The molecule has 4 saturated carbocycles. The van der Waals surface area contributed by atoms with Crippen molar-refractivity contribution in [3.8, 4) is 80.1 Å². The van der Waals surface area contributed by atoms with E-state index < -0.39 is 147 Å². The molecule has 28 heteroatoms. The molecular weight excluding hydrogens is 1300 g/mol. The minimum Gasteiger partial charge on any atom is -0.508 e. The molecule has 0 aromatic heterocycles. The van der Waals surface area contributed by atoms with Crippen LogP contribution in [0.4, 0.5) is 0 Å². The summed E-state index contributed by atoms with van der Waals surface area (Å²) < 4.78 is 18.6. The topological polar surface area (TPSA) is 419 Å². The summed E-state index contributed by atoms with van der Waals surface area (Å²) in [6, 6.07) is 7.85. The van der Waals surface area contributed by atoms with E-state index in [0.29, 0.717) is 23.3 Å². The molecule has 10 aliphatic rings. The molecular formula is C69H62Cl2N8O18. The van der Waals surface area contributed by atoms with Gasteiger partial charge in [-0.2, -0.15) is 0 Å². The predicted octanol–water partition coefficient (Wildman–Crippen LogP) is 7.04. The third-order valence-electron chi connectivity index (χ3n) is 19.4. The number of carboxylic acids is 1. The van der Waals surface area contributed by atoms with E-state index in [0.717, 1.165) is 87.1 Å². The van der Waals surface area contributed by atoms with Crippen LogP contribution in [0.3, 0.4) is 0 Å². The van der Waals surface area contributed by atoms with Crippen LogP contribution in [0.25, 0.3) is 11.1 Å². The summed E-state index contributed by atoms with van der Waals surface area (Å²) in [6.07, 6.45) is 3.41. The number of fused-ring (bicyclic) bond motifs is 14. The Balaban J connectivity index is 0.950. The van der Waals surface area contributed by atoms with Crippen molar-refractivity contribution in [1.82, 2.24) is 37.2 Å². The number of rotatable bonds is 4. The van der Waals surface area contributed by atoms with Gasteiger partial charge in [0.05, 0.1) is 15.6 Å². The highest BCUT2D eigenvalue weighted by Gasteiger charge is 2.51. The SMILES string of the molecule is N[C@H]1C(=O)N[C@H]2Cc3ccc(c(Cl)c3)Oc3cc4cc(c3O)Oc3ccc(cc3Cl)C(O)[C@@H]3NC(=O)[C@@H](NC(=O)[C@H]4NC(=O)[C@@H](NC2=O)c2cc(O)cc(c2)Oc2cc1ccc2O)c1ccc(O)c(c1)-c1c(cc(O)c(CNC24CC5CC(CC(C5)C2)C4)c1O)[C@@H](C(=O)O)NC3=O. The van der Waals surface area contributed by atoms with Gasteiger partial charge in [0.2, 0.25) is 41.2 Å². The van der Waals surface area contributed by atoms with E-state index in [4.69, 9.17) is 43.1 Å². The normalized spacial score (nSPS) is 26.5. The zero-order valence-corrected chi connectivity index (χ0v) is 52.4. The first-order valence-electron chi connectivity index (χ1n) is 31.1. The van der Waals surface area contributed by atoms with Crippen molar-refractivity contribution in [2.75, 3.05) is 0 Å². The smallest absolute Gasteiger partial charge is 0.330 e. The maximum Gasteiger partial charge on any atom is 0.330 e. The largest absolute Gasteiger partial charge is 0.508 e. The lowest BCUT2D eigenvalue weighted by atomic mass is 9.53. The molecule has 1 unspecified atom stereocenters. The number of carbonyl (C=O) groups excluding carboxylic acids is 6. The molecule has 4 fully saturated rings. The molecule has 8 atom stereocenters. The highest BCUT2D eigenvalue weighted by Crippen LogP contribution is 2.57. The van der Waals surface area contributed by atoms with Crippen LogP contribution in [0.5, 0.6) is 69.0 Å². The lowest BCUT2D eigenvalue weighted by Gasteiger charge is -2.57. The van der Waals surface area contributed by atoms with E-state index in [1.807, 2.05) is 0 Å². The second-order valence-electron chi connectivity index (χ2n) is 25.9. The maximum absolute atomic E-state index is 16.0. The van der Waals surface area contributed by atoms with E-state index in [-0.39, 0.29) is 90.5 Å². The monoisotopic (exact) mass is 1360 g/mol. The Hall–Kier alpha value is -10.5. The number of aromatic hydroxyl groups is 6. The molecule has 17 rings (SSSR count). The van der Waals surface area contributed by atoms with Gasteiger partial charge in [0.1, 0.15) is 82.6 Å². The molecule has 4 aliphatic carbocycles. The van der Waals surface area contributed by atoms with Crippen molar-refractivity contribution in [2.45, 2.75) is 105 Å². The zero-order valence-electron chi connectivity index (χ0n) is 50.9. The molecule has 7 aromatic rings. The number of aliphatic carboxylic acids is 1. The highest BCUT2D eigenvalue weighted by molar-refractivity contribution is 6.32. The summed E-state index contributed by atoms with van der Waals surface area (Å²) in [5.74, 6) is -13.1. The van der Waals surface area contributed by atoms with Gasteiger partial charge in [0.25, 0.3) is 0 Å². The second-order valence-corrected chi connectivity index (χ2v) is 26.7. The Morgan fingerprint density at radius 2 is 1.11 bits per heavy atom. The minimum atomic E-state index is -2.21. The summed E-state index contributed by atoms with van der Waals surface area (Å²) in [5, 5.41) is 113. The summed E-state index contributed by atoms with van der Waals surface area (Å²) in [7, 11) is 0. The number of phenols is 6. The molecule has 21 bridgehead atoms.